The van der Waals surface area contributed by atoms with E-state index in [0.717, 1.165) is 21.9 Å². The van der Waals surface area contributed by atoms with Crippen LogP contribution in [0.15, 0.2) is 70.5 Å². The second-order valence-corrected chi connectivity index (χ2v) is 6.66. The van der Waals surface area contributed by atoms with Crippen molar-refractivity contribution in [3.05, 3.63) is 87.5 Å². The van der Waals surface area contributed by atoms with Crippen molar-refractivity contribution in [3.8, 4) is 11.8 Å². The van der Waals surface area contributed by atoms with E-state index in [1.165, 1.54) is 6.07 Å². The number of nitriles is 1. The SMILES string of the molecule is N#CC1=C(N)Oc2c(ccc3ccccc23)C1c1ccc(F)c(Br)c1. The van der Waals surface area contributed by atoms with Crippen molar-refractivity contribution in [2.45, 2.75) is 5.92 Å². The van der Waals surface area contributed by atoms with Crippen LogP contribution in [0.5, 0.6) is 5.75 Å². The molecule has 2 N–H and O–H groups in total. The molecule has 0 fully saturated rings. The highest BCUT2D eigenvalue weighted by molar-refractivity contribution is 9.10. The summed E-state index contributed by atoms with van der Waals surface area (Å²) in [5.41, 5.74) is 7.97. The number of allylic oxidation sites excluding steroid dienone is 1. The molecular formula is C20H12BrFN2O. The molecule has 0 saturated heterocycles. The van der Waals surface area contributed by atoms with Gasteiger partial charge in [-0.05, 0) is 39.0 Å². The Labute approximate surface area is 152 Å². The van der Waals surface area contributed by atoms with Gasteiger partial charge in [0.25, 0.3) is 0 Å². The first kappa shape index (κ1) is 15.7. The first-order valence-electron chi connectivity index (χ1n) is 7.64. The Morgan fingerprint density at radius 3 is 2.68 bits per heavy atom. The van der Waals surface area contributed by atoms with Gasteiger partial charge in [-0.1, -0.05) is 42.5 Å². The Hall–Kier alpha value is -2.84. The number of rotatable bonds is 1. The second-order valence-electron chi connectivity index (χ2n) is 5.80. The van der Waals surface area contributed by atoms with E-state index in [-0.39, 0.29) is 11.7 Å². The van der Waals surface area contributed by atoms with Crippen LogP contribution in [-0.2, 0) is 0 Å². The molecule has 4 rings (SSSR count). The zero-order valence-corrected chi connectivity index (χ0v) is 14.5. The number of halogens is 2. The van der Waals surface area contributed by atoms with E-state index in [0.29, 0.717) is 15.8 Å². The fourth-order valence-electron chi connectivity index (χ4n) is 3.22. The molecule has 3 nitrogen and oxygen atoms in total. The molecule has 122 valence electrons. The topological polar surface area (TPSA) is 59.0 Å². The number of benzene rings is 3. The van der Waals surface area contributed by atoms with Crippen molar-refractivity contribution in [1.82, 2.24) is 0 Å². The quantitative estimate of drug-likeness (QED) is 0.634. The molecule has 5 heteroatoms. The molecule has 0 radical (unpaired) electrons. The van der Waals surface area contributed by atoms with Crippen LogP contribution in [0, 0.1) is 17.1 Å². The number of nitrogens with zero attached hydrogens (tertiary/aromatic N) is 1. The molecule has 1 heterocycles. The maximum atomic E-state index is 13.7. The molecular weight excluding hydrogens is 383 g/mol. The van der Waals surface area contributed by atoms with E-state index in [1.54, 1.807) is 12.1 Å². The zero-order chi connectivity index (χ0) is 17.6. The Kier molecular flexibility index (Phi) is 3.70. The van der Waals surface area contributed by atoms with Gasteiger partial charge in [-0.15, -0.1) is 0 Å². The molecule has 1 unspecified atom stereocenters. The maximum Gasteiger partial charge on any atom is 0.205 e. The van der Waals surface area contributed by atoms with Gasteiger partial charge in [-0.25, -0.2) is 4.39 Å². The smallest absolute Gasteiger partial charge is 0.205 e. The summed E-state index contributed by atoms with van der Waals surface area (Å²) in [7, 11) is 0. The van der Waals surface area contributed by atoms with Crippen LogP contribution in [0.4, 0.5) is 4.39 Å². The van der Waals surface area contributed by atoms with Crippen LogP contribution in [0.3, 0.4) is 0 Å². The molecule has 1 aliphatic heterocycles. The fourth-order valence-corrected chi connectivity index (χ4v) is 3.62. The van der Waals surface area contributed by atoms with Gasteiger partial charge in [0, 0.05) is 10.9 Å². The van der Waals surface area contributed by atoms with Crippen molar-refractivity contribution in [2.24, 2.45) is 5.73 Å². The summed E-state index contributed by atoms with van der Waals surface area (Å²) < 4.78 is 19.8. The number of hydrogen-bond acceptors (Lipinski definition) is 3. The maximum absolute atomic E-state index is 13.7. The Bertz CT molecular complexity index is 1080. The van der Waals surface area contributed by atoms with Crippen LogP contribution in [0.25, 0.3) is 10.8 Å². The average Bonchev–Trinajstić information content (AvgIpc) is 2.63. The first-order chi connectivity index (χ1) is 12.1. The lowest BCUT2D eigenvalue weighted by molar-refractivity contribution is 0.398. The van der Waals surface area contributed by atoms with Crippen molar-refractivity contribution in [2.75, 3.05) is 0 Å². The van der Waals surface area contributed by atoms with Gasteiger partial charge in [0.05, 0.1) is 10.4 Å². The van der Waals surface area contributed by atoms with Crippen molar-refractivity contribution in [3.63, 3.8) is 0 Å². The molecule has 0 saturated carbocycles. The summed E-state index contributed by atoms with van der Waals surface area (Å²) in [4.78, 5) is 0. The molecule has 25 heavy (non-hydrogen) atoms. The minimum Gasteiger partial charge on any atom is -0.440 e. The minimum atomic E-state index is -0.407. The number of hydrogen-bond donors (Lipinski definition) is 1. The van der Waals surface area contributed by atoms with Gasteiger partial charge in [-0.2, -0.15) is 5.26 Å². The summed E-state index contributed by atoms with van der Waals surface area (Å²) in [6.45, 7) is 0. The Morgan fingerprint density at radius 2 is 1.92 bits per heavy atom. The minimum absolute atomic E-state index is 0.0804. The zero-order valence-electron chi connectivity index (χ0n) is 13.0. The van der Waals surface area contributed by atoms with E-state index >= 15 is 0 Å². The van der Waals surface area contributed by atoms with Crippen molar-refractivity contribution >= 4 is 26.7 Å². The standard InChI is InChI=1S/C20H12BrFN2O/c21-16-9-12(6-8-17(16)22)18-14-7-5-11-3-1-2-4-13(11)19(14)25-20(24)15(18)10-23/h1-9,18H,24H2. The molecule has 1 atom stereocenters. The molecule has 1 aliphatic rings. The lowest BCUT2D eigenvalue weighted by Crippen LogP contribution is -2.21. The monoisotopic (exact) mass is 394 g/mol. The molecule has 3 aromatic rings. The van der Waals surface area contributed by atoms with E-state index < -0.39 is 5.92 Å². The van der Waals surface area contributed by atoms with Crippen LogP contribution < -0.4 is 10.5 Å². The van der Waals surface area contributed by atoms with Crippen LogP contribution >= 0.6 is 15.9 Å². The van der Waals surface area contributed by atoms with Crippen molar-refractivity contribution < 1.29 is 9.13 Å². The molecule has 3 aromatic carbocycles. The first-order valence-corrected chi connectivity index (χ1v) is 8.43. The average molecular weight is 395 g/mol. The molecule has 0 bridgehead atoms. The lowest BCUT2D eigenvalue weighted by Gasteiger charge is -2.27. The summed E-state index contributed by atoms with van der Waals surface area (Å²) >= 11 is 3.21. The Balaban J connectivity index is 2.01. The summed E-state index contributed by atoms with van der Waals surface area (Å²) in [5, 5.41) is 11.5. The Morgan fingerprint density at radius 1 is 1.12 bits per heavy atom. The van der Waals surface area contributed by atoms with Crippen LogP contribution in [0.2, 0.25) is 0 Å². The molecule has 0 amide bonds. The predicted octanol–water partition coefficient (Wildman–Crippen LogP) is 4.96. The van der Waals surface area contributed by atoms with E-state index in [2.05, 4.69) is 22.0 Å². The normalized spacial score (nSPS) is 16.3. The van der Waals surface area contributed by atoms with Gasteiger partial charge in [0.1, 0.15) is 23.2 Å². The second kappa shape index (κ2) is 5.91. The number of ether oxygens (including phenoxy) is 1. The highest BCUT2D eigenvalue weighted by atomic mass is 79.9. The highest BCUT2D eigenvalue weighted by Gasteiger charge is 2.31. The third-order valence-corrected chi connectivity index (χ3v) is 4.99. The van der Waals surface area contributed by atoms with E-state index in [1.807, 2.05) is 36.4 Å². The molecule has 0 spiro atoms. The summed E-state index contributed by atoms with van der Waals surface area (Å²) in [6, 6.07) is 18.6. The van der Waals surface area contributed by atoms with E-state index in [4.69, 9.17) is 10.5 Å². The fraction of sp³-hybridized carbons (Fsp3) is 0.0500. The molecule has 0 aromatic heterocycles. The van der Waals surface area contributed by atoms with Gasteiger partial charge < -0.3 is 10.5 Å². The third-order valence-electron chi connectivity index (χ3n) is 4.38. The highest BCUT2D eigenvalue weighted by Crippen LogP contribution is 2.45. The summed E-state index contributed by atoms with van der Waals surface area (Å²) in [5.74, 6) is -0.0443. The van der Waals surface area contributed by atoms with Gasteiger partial charge in [0.15, 0.2) is 0 Å². The number of fused-ring (bicyclic) bond motifs is 3. The third kappa shape index (κ3) is 2.46. The van der Waals surface area contributed by atoms with Crippen molar-refractivity contribution in [1.29, 1.82) is 5.26 Å². The lowest BCUT2D eigenvalue weighted by atomic mass is 9.82. The predicted molar refractivity (Wildman–Crippen MR) is 97.3 cm³/mol. The van der Waals surface area contributed by atoms with E-state index in [9.17, 15) is 9.65 Å². The van der Waals surface area contributed by atoms with Gasteiger partial charge in [-0.3, -0.25) is 0 Å². The number of nitrogens with two attached hydrogens (primary N) is 1. The molecule has 0 aliphatic carbocycles. The van der Waals surface area contributed by atoms with Gasteiger partial charge >= 0.3 is 0 Å². The summed E-state index contributed by atoms with van der Waals surface area (Å²) in [6.07, 6.45) is 0. The van der Waals surface area contributed by atoms with Gasteiger partial charge in [0.2, 0.25) is 5.88 Å². The largest absolute Gasteiger partial charge is 0.440 e. The van der Waals surface area contributed by atoms with Crippen LogP contribution in [0.1, 0.15) is 17.0 Å². The van der Waals surface area contributed by atoms with Crippen LogP contribution in [-0.4, -0.2) is 0 Å².